The molecule has 0 atom stereocenters. The lowest BCUT2D eigenvalue weighted by atomic mass is 10.3. The van der Waals surface area contributed by atoms with Gasteiger partial charge in [-0.2, -0.15) is 10.2 Å². The maximum Gasteiger partial charge on any atom is 0.121 e. The Morgan fingerprint density at radius 2 is 2.27 bits per heavy atom. The molecule has 0 fully saturated rings. The van der Waals surface area contributed by atoms with Gasteiger partial charge in [-0.15, -0.1) is 5.10 Å². The van der Waals surface area contributed by atoms with Crippen LogP contribution >= 0.6 is 0 Å². The zero-order valence-electron chi connectivity index (χ0n) is 8.84. The normalized spacial score (nSPS) is 10.9. The molecule has 0 aliphatic heterocycles. The van der Waals surface area contributed by atoms with Crippen LogP contribution in [0.4, 0.5) is 5.69 Å². The van der Waals surface area contributed by atoms with E-state index in [1.165, 1.54) is 5.12 Å². The molecule has 0 aliphatic rings. The second kappa shape index (κ2) is 4.99. The first kappa shape index (κ1) is 11.0. The number of ether oxygens (including phenoxy) is 1. The number of hydrogen-bond acceptors (Lipinski definition) is 4. The molecule has 80 valence electrons. The number of nitrogens with two attached hydrogens (primary N) is 1. The van der Waals surface area contributed by atoms with E-state index in [9.17, 15) is 0 Å². The monoisotopic (exact) mass is 206 g/mol. The average molecular weight is 206 g/mol. The summed E-state index contributed by atoms with van der Waals surface area (Å²) in [5.74, 6) is 1.14. The third-order valence-corrected chi connectivity index (χ3v) is 1.67. The minimum atomic E-state index is 0.408. The molecule has 0 spiro atoms. The Bertz CT molecular complexity index is 371. The van der Waals surface area contributed by atoms with Crippen LogP contribution in [0.3, 0.4) is 0 Å². The van der Waals surface area contributed by atoms with Gasteiger partial charge in [0, 0.05) is 12.8 Å². The number of benzene rings is 1. The topological polar surface area (TPSA) is 63.2 Å². The van der Waals surface area contributed by atoms with Crippen molar-refractivity contribution in [3.05, 3.63) is 24.3 Å². The van der Waals surface area contributed by atoms with Crippen LogP contribution in [0.15, 0.2) is 34.5 Å². The predicted molar refractivity (Wildman–Crippen MR) is 62.3 cm³/mol. The number of anilines is 1. The van der Waals surface area contributed by atoms with Crippen LogP contribution in [0.2, 0.25) is 0 Å². The fraction of sp³-hybridized carbons (Fsp3) is 0.200. The summed E-state index contributed by atoms with van der Waals surface area (Å²) in [6, 6.07) is 7.31. The highest BCUT2D eigenvalue weighted by Crippen LogP contribution is 2.21. The van der Waals surface area contributed by atoms with Crippen LogP contribution in [0.1, 0.15) is 6.92 Å². The summed E-state index contributed by atoms with van der Waals surface area (Å²) < 4.78 is 5.09. The molecular formula is C10H14N4O. The van der Waals surface area contributed by atoms with Crippen LogP contribution < -0.4 is 15.6 Å². The zero-order valence-corrected chi connectivity index (χ0v) is 8.84. The number of hydrogen-bond donors (Lipinski definition) is 1. The Morgan fingerprint density at radius 3 is 2.80 bits per heavy atom. The predicted octanol–water partition coefficient (Wildman–Crippen LogP) is 1.41. The van der Waals surface area contributed by atoms with Gasteiger partial charge in [0.25, 0.3) is 0 Å². The van der Waals surface area contributed by atoms with Gasteiger partial charge >= 0.3 is 0 Å². The lowest BCUT2D eigenvalue weighted by Gasteiger charge is -2.13. The Balaban J connectivity index is 3.01. The van der Waals surface area contributed by atoms with E-state index in [2.05, 4.69) is 16.9 Å². The SMILES string of the molecule is C=NN(/N=C(/C)N)c1cccc(OC)c1. The van der Waals surface area contributed by atoms with Crippen molar-refractivity contribution >= 4 is 18.2 Å². The molecule has 0 saturated heterocycles. The van der Waals surface area contributed by atoms with Crippen LogP contribution in [-0.2, 0) is 0 Å². The molecule has 2 N–H and O–H groups in total. The van der Waals surface area contributed by atoms with Crippen molar-refractivity contribution in [2.24, 2.45) is 15.9 Å². The van der Waals surface area contributed by atoms with Gasteiger partial charge in [-0.05, 0) is 19.1 Å². The van der Waals surface area contributed by atoms with E-state index in [1.807, 2.05) is 18.2 Å². The fourth-order valence-corrected chi connectivity index (χ4v) is 1.06. The number of rotatable bonds is 4. The van der Waals surface area contributed by atoms with Crippen LogP contribution in [0.25, 0.3) is 0 Å². The first-order valence-corrected chi connectivity index (χ1v) is 4.39. The van der Waals surface area contributed by atoms with Gasteiger partial charge in [0.1, 0.15) is 11.6 Å². The summed E-state index contributed by atoms with van der Waals surface area (Å²) in [6.07, 6.45) is 0. The second-order valence-electron chi connectivity index (χ2n) is 2.87. The summed E-state index contributed by atoms with van der Waals surface area (Å²) in [5.41, 5.74) is 6.21. The van der Waals surface area contributed by atoms with Gasteiger partial charge in [-0.1, -0.05) is 6.07 Å². The van der Waals surface area contributed by atoms with E-state index < -0.39 is 0 Å². The van der Waals surface area contributed by atoms with Crippen molar-refractivity contribution in [2.75, 3.05) is 12.2 Å². The Morgan fingerprint density at radius 1 is 1.53 bits per heavy atom. The largest absolute Gasteiger partial charge is 0.497 e. The molecule has 0 amide bonds. The highest BCUT2D eigenvalue weighted by atomic mass is 16.5. The highest BCUT2D eigenvalue weighted by Gasteiger charge is 2.03. The van der Waals surface area contributed by atoms with Crippen molar-refractivity contribution in [1.29, 1.82) is 0 Å². The Kier molecular flexibility index (Phi) is 3.68. The van der Waals surface area contributed by atoms with Gasteiger partial charge < -0.3 is 10.5 Å². The molecule has 5 nitrogen and oxygen atoms in total. The smallest absolute Gasteiger partial charge is 0.121 e. The van der Waals surface area contributed by atoms with Crippen molar-refractivity contribution in [1.82, 2.24) is 0 Å². The lowest BCUT2D eigenvalue weighted by molar-refractivity contribution is 0.415. The average Bonchev–Trinajstić information content (AvgIpc) is 2.25. The summed E-state index contributed by atoms with van der Waals surface area (Å²) in [4.78, 5) is 0. The van der Waals surface area contributed by atoms with Gasteiger partial charge in [0.15, 0.2) is 0 Å². The van der Waals surface area contributed by atoms with Crippen molar-refractivity contribution in [2.45, 2.75) is 6.92 Å². The number of amidine groups is 1. The molecule has 0 bridgehead atoms. The molecule has 15 heavy (non-hydrogen) atoms. The van der Waals surface area contributed by atoms with E-state index in [0.29, 0.717) is 5.84 Å². The quantitative estimate of drug-likeness (QED) is 0.460. The van der Waals surface area contributed by atoms with E-state index in [1.54, 1.807) is 20.1 Å². The van der Waals surface area contributed by atoms with E-state index >= 15 is 0 Å². The molecule has 1 aromatic rings. The molecule has 1 aromatic carbocycles. The molecule has 0 radical (unpaired) electrons. The van der Waals surface area contributed by atoms with E-state index in [4.69, 9.17) is 10.5 Å². The standard InChI is InChI=1S/C10H14N4O/c1-8(11)13-14(12-2)9-5-4-6-10(7-9)15-3/h4-7H,2H2,1,3H3,(H2,11,13). The van der Waals surface area contributed by atoms with E-state index in [0.717, 1.165) is 11.4 Å². The molecule has 0 heterocycles. The number of hydrazone groups is 2. The molecular weight excluding hydrogens is 192 g/mol. The maximum absolute atomic E-state index is 5.47. The molecule has 0 saturated carbocycles. The van der Waals surface area contributed by atoms with Gasteiger partial charge in [0.05, 0.1) is 12.8 Å². The molecule has 1 rings (SSSR count). The van der Waals surface area contributed by atoms with Crippen LogP contribution in [-0.4, -0.2) is 19.7 Å². The third kappa shape index (κ3) is 2.98. The van der Waals surface area contributed by atoms with Gasteiger partial charge in [0.2, 0.25) is 0 Å². The van der Waals surface area contributed by atoms with Gasteiger partial charge in [-0.3, -0.25) is 0 Å². The maximum atomic E-state index is 5.47. The lowest BCUT2D eigenvalue weighted by Crippen LogP contribution is -2.15. The first-order valence-electron chi connectivity index (χ1n) is 4.39. The molecule has 5 heteroatoms. The Hall–Kier alpha value is -2.04. The van der Waals surface area contributed by atoms with E-state index in [-0.39, 0.29) is 0 Å². The minimum Gasteiger partial charge on any atom is -0.497 e. The van der Waals surface area contributed by atoms with Crippen molar-refractivity contribution < 1.29 is 4.74 Å². The summed E-state index contributed by atoms with van der Waals surface area (Å²) in [5, 5.41) is 9.06. The zero-order chi connectivity index (χ0) is 11.3. The van der Waals surface area contributed by atoms with Crippen molar-refractivity contribution in [3.8, 4) is 5.75 Å². The van der Waals surface area contributed by atoms with Gasteiger partial charge in [-0.25, -0.2) is 0 Å². The second-order valence-corrected chi connectivity index (χ2v) is 2.87. The Labute approximate surface area is 88.8 Å². The molecule has 0 aliphatic carbocycles. The molecule has 0 aromatic heterocycles. The number of nitrogens with zero attached hydrogens (tertiary/aromatic N) is 3. The summed E-state index contributed by atoms with van der Waals surface area (Å²) >= 11 is 0. The highest BCUT2D eigenvalue weighted by molar-refractivity contribution is 5.78. The summed E-state index contributed by atoms with van der Waals surface area (Å²) in [7, 11) is 1.60. The minimum absolute atomic E-state index is 0.408. The number of methoxy groups -OCH3 is 1. The third-order valence-electron chi connectivity index (χ3n) is 1.67. The molecule has 0 unspecified atom stereocenters. The first-order chi connectivity index (χ1) is 7.17. The van der Waals surface area contributed by atoms with Crippen LogP contribution in [0, 0.1) is 0 Å². The van der Waals surface area contributed by atoms with Crippen molar-refractivity contribution in [3.63, 3.8) is 0 Å². The van der Waals surface area contributed by atoms with Crippen LogP contribution in [0.5, 0.6) is 5.75 Å². The summed E-state index contributed by atoms with van der Waals surface area (Å²) in [6.45, 7) is 5.10. The fourth-order valence-electron chi connectivity index (χ4n) is 1.06.